The van der Waals surface area contributed by atoms with Gasteiger partial charge in [-0.1, -0.05) is 0 Å². The first-order valence-electron chi connectivity index (χ1n) is 4.28. The van der Waals surface area contributed by atoms with Gasteiger partial charge in [0.15, 0.2) is 0 Å². The molecule has 0 spiro atoms. The molecule has 1 aromatic carbocycles. The van der Waals surface area contributed by atoms with Crippen LogP contribution in [0, 0.1) is 0 Å². The van der Waals surface area contributed by atoms with E-state index in [9.17, 15) is 36.4 Å². The summed E-state index contributed by atoms with van der Waals surface area (Å²) in [6.07, 6.45) is -10.1. The van der Waals surface area contributed by atoms with Crippen molar-refractivity contribution in [1.82, 2.24) is 0 Å². The van der Waals surface area contributed by atoms with Crippen molar-refractivity contribution in [3.63, 3.8) is 0 Å². The molecule has 0 heterocycles. The molecule has 0 aliphatic rings. The first-order chi connectivity index (χ1) is 8.00. The van der Waals surface area contributed by atoms with Crippen LogP contribution in [0.15, 0.2) is 18.2 Å². The second-order valence-electron chi connectivity index (χ2n) is 3.15. The van der Waals surface area contributed by atoms with E-state index in [1.807, 2.05) is 0 Å². The second-order valence-corrected chi connectivity index (χ2v) is 3.15. The fourth-order valence-electron chi connectivity index (χ4n) is 1.11. The zero-order valence-electron chi connectivity index (χ0n) is 10.8. The maximum absolute atomic E-state index is 12.3. The smallest absolute Gasteiger partial charge is 0.860 e. The molecule has 1 aromatic rings. The average molecular weight is 336 g/mol. The van der Waals surface area contributed by atoms with Crippen molar-refractivity contribution in [2.45, 2.75) is 12.4 Å². The molecule has 0 radical (unpaired) electrons. The first kappa shape index (κ1) is 26.4. The zero-order valence-corrected chi connectivity index (χ0v) is 14.8. The Balaban J connectivity index is -0.00000108. The molecule has 1 rings (SSSR count). The summed E-state index contributed by atoms with van der Waals surface area (Å²) in [7, 11) is -3.02. The molecule has 0 saturated carbocycles. The molecule has 0 aliphatic carbocycles. The van der Waals surface area contributed by atoms with Gasteiger partial charge in [-0.2, -0.15) is 26.3 Å². The summed E-state index contributed by atoms with van der Waals surface area (Å²) in [6, 6.07) is 0.160. The molecule has 0 aliphatic heterocycles. The number of hydrogen-bond acceptors (Lipinski definition) is 3. The molecule has 2 N–H and O–H groups in total. The third-order valence-corrected chi connectivity index (χ3v) is 1.79. The normalized spacial score (nSPS) is 10.7. The molecule has 4 nitrogen and oxygen atoms in total. The van der Waals surface area contributed by atoms with Crippen molar-refractivity contribution in [2.75, 3.05) is 0 Å². The van der Waals surface area contributed by atoms with Crippen LogP contribution >= 0.6 is 0 Å². The van der Waals surface area contributed by atoms with Crippen LogP contribution in [-0.4, -0.2) is 12.8 Å². The van der Waals surface area contributed by atoms with E-state index < -0.39 is 36.6 Å². The van der Waals surface area contributed by atoms with E-state index in [1.54, 1.807) is 0 Å². The van der Waals surface area contributed by atoms with Crippen LogP contribution < -0.4 is 73.8 Å². The summed E-state index contributed by atoms with van der Waals surface area (Å²) in [5, 5.41) is 20.2. The van der Waals surface area contributed by atoms with Crippen LogP contribution in [-0.2, 0) is 12.4 Å². The van der Waals surface area contributed by atoms with Crippen LogP contribution in [0.25, 0.3) is 0 Å². The topological polar surface area (TPSA) is 86.9 Å². The van der Waals surface area contributed by atoms with Crippen LogP contribution in [0.5, 0.6) is 5.75 Å². The Bertz CT molecular complexity index is 408. The van der Waals surface area contributed by atoms with Gasteiger partial charge in [0.25, 0.3) is 0 Å². The minimum atomic E-state index is -5.05. The molecule has 0 amide bonds. The van der Waals surface area contributed by atoms with Gasteiger partial charge in [0.2, 0.25) is 0 Å². The zero-order chi connectivity index (χ0) is 14.1. The van der Waals surface area contributed by atoms with Gasteiger partial charge in [0, 0.05) is 0 Å². The van der Waals surface area contributed by atoms with Crippen molar-refractivity contribution < 1.29 is 106 Å². The van der Waals surface area contributed by atoms with E-state index >= 15 is 0 Å². The third kappa shape index (κ3) is 8.67. The van der Waals surface area contributed by atoms with E-state index in [0.717, 1.165) is 0 Å². The Morgan fingerprint density at radius 3 is 1.38 bits per heavy atom. The largest absolute Gasteiger partial charge is 1.00 e. The Labute approximate surface area is 159 Å². The molecule has 0 fully saturated rings. The predicted octanol–water partition coefficient (Wildman–Crippen LogP) is -6.01. The summed E-state index contributed by atoms with van der Waals surface area (Å²) in [5.74, 6) is -1.08. The molecule has 0 bridgehead atoms. The molecule has 13 heteroatoms. The monoisotopic (exact) mass is 336 g/mol. The Morgan fingerprint density at radius 1 is 0.810 bits per heavy atom. The van der Waals surface area contributed by atoms with Crippen LogP contribution in [0.2, 0.25) is 0 Å². The third-order valence-electron chi connectivity index (χ3n) is 1.79. The molecule has 0 unspecified atom stereocenters. The van der Waals surface area contributed by atoms with Gasteiger partial charge < -0.3 is 20.2 Å². The summed E-state index contributed by atoms with van der Waals surface area (Å²) in [5.41, 5.74) is -3.32. The molecular weight excluding hydrogens is 331 g/mol. The van der Waals surface area contributed by atoms with Crippen molar-refractivity contribution in [3.05, 3.63) is 29.3 Å². The molecule has 0 atom stereocenters. The fraction of sp³-hybridized carbons (Fsp3) is 0.250. The average Bonchev–Trinajstić information content (AvgIpc) is 2.13. The number of halogens is 6. The van der Waals surface area contributed by atoms with E-state index in [-0.39, 0.29) is 82.8 Å². The number of hydrogen-bond donors (Lipinski definition) is 0. The van der Waals surface area contributed by atoms with Gasteiger partial charge in [0.1, 0.15) is 7.32 Å². The maximum atomic E-state index is 12.3. The Kier molecular flexibility index (Phi) is 12.1. The van der Waals surface area contributed by atoms with Crippen LogP contribution in [0.3, 0.4) is 0 Å². The standard InChI is InChI=1S/C8H3BF6O3.2Na.H2O/c10-7(11,12)4-1-5(8(13,14)15)3-6(2-4)18-9(16)17;;;/h1-3H;;;1H2/q-2;2*+1;. The van der Waals surface area contributed by atoms with Crippen molar-refractivity contribution in [3.8, 4) is 5.75 Å². The minimum Gasteiger partial charge on any atom is -0.860 e. The van der Waals surface area contributed by atoms with Gasteiger partial charge in [0.05, 0.1) is 16.9 Å². The van der Waals surface area contributed by atoms with E-state index in [4.69, 9.17) is 0 Å². The first-order valence-corrected chi connectivity index (χ1v) is 4.28. The van der Waals surface area contributed by atoms with E-state index in [1.165, 1.54) is 0 Å². The summed E-state index contributed by atoms with van der Waals surface area (Å²) < 4.78 is 77.5. The van der Waals surface area contributed by atoms with Crippen LogP contribution in [0.1, 0.15) is 11.1 Å². The summed E-state index contributed by atoms with van der Waals surface area (Å²) in [4.78, 5) is 0. The summed E-state index contributed by atoms with van der Waals surface area (Å²) >= 11 is 0. The van der Waals surface area contributed by atoms with Crippen molar-refractivity contribution in [1.29, 1.82) is 0 Å². The minimum absolute atomic E-state index is 0. The molecule has 21 heavy (non-hydrogen) atoms. The quantitative estimate of drug-likeness (QED) is 0.398. The number of benzene rings is 1. The van der Waals surface area contributed by atoms with E-state index in [0.29, 0.717) is 0 Å². The summed E-state index contributed by atoms with van der Waals surface area (Å²) in [6.45, 7) is 0. The van der Waals surface area contributed by atoms with Gasteiger partial charge in [-0.3, -0.25) is 0 Å². The molecular formula is C8H5BF6Na2O4. The molecule has 0 saturated heterocycles. The number of alkyl halides is 6. The van der Waals surface area contributed by atoms with Crippen LogP contribution in [0.4, 0.5) is 26.3 Å². The van der Waals surface area contributed by atoms with E-state index in [2.05, 4.69) is 4.65 Å². The predicted molar refractivity (Wildman–Crippen MR) is 46.4 cm³/mol. The maximum Gasteiger partial charge on any atom is 1.00 e. The van der Waals surface area contributed by atoms with Gasteiger partial charge in [-0.05, 0) is 18.2 Å². The van der Waals surface area contributed by atoms with Crippen molar-refractivity contribution >= 4 is 7.32 Å². The van der Waals surface area contributed by atoms with Crippen molar-refractivity contribution in [2.24, 2.45) is 0 Å². The van der Waals surface area contributed by atoms with Gasteiger partial charge >= 0.3 is 71.5 Å². The second kappa shape index (κ2) is 9.63. The Morgan fingerprint density at radius 2 is 1.14 bits per heavy atom. The van der Waals surface area contributed by atoms with Gasteiger partial charge in [-0.25, -0.2) is 0 Å². The van der Waals surface area contributed by atoms with Gasteiger partial charge in [-0.15, -0.1) is 0 Å². The molecule has 0 aromatic heterocycles. The SMILES string of the molecule is O.[Na+].[Na+].[O-]B([O-])Oc1cc(C(F)(F)F)cc(C(F)(F)F)c1. The molecule has 108 valence electrons. The Hall–Kier alpha value is 0.545. The fourth-order valence-corrected chi connectivity index (χ4v) is 1.11. The number of rotatable bonds is 2.